The minimum atomic E-state index is -3.70. The van der Waals surface area contributed by atoms with Gasteiger partial charge in [-0.25, -0.2) is 12.8 Å². The number of nitrogens with zero attached hydrogens (tertiary/aromatic N) is 1. The van der Waals surface area contributed by atoms with E-state index in [0.717, 1.165) is 21.2 Å². The highest BCUT2D eigenvalue weighted by atomic mass is 79.9. The zero-order chi connectivity index (χ0) is 32.4. The van der Waals surface area contributed by atoms with E-state index in [9.17, 15) is 12.8 Å². The maximum absolute atomic E-state index is 14.1. The summed E-state index contributed by atoms with van der Waals surface area (Å²) in [5.41, 5.74) is 3.29. The van der Waals surface area contributed by atoms with Crippen molar-refractivity contribution in [1.82, 2.24) is 0 Å². The summed E-state index contributed by atoms with van der Waals surface area (Å²) < 4.78 is 57.8. The molecule has 9 heteroatoms. The van der Waals surface area contributed by atoms with Crippen LogP contribution in [-0.2, 0) is 21.1 Å². The van der Waals surface area contributed by atoms with Gasteiger partial charge in [0.25, 0.3) is 0 Å². The zero-order valence-electron chi connectivity index (χ0n) is 26.4. The van der Waals surface area contributed by atoms with Crippen LogP contribution in [0.1, 0.15) is 62.4 Å². The van der Waals surface area contributed by atoms with Crippen molar-refractivity contribution in [3.05, 3.63) is 130 Å². The molecular weight excluding hydrogens is 669 g/mol. The van der Waals surface area contributed by atoms with Gasteiger partial charge in [0, 0.05) is 10.0 Å². The van der Waals surface area contributed by atoms with Crippen molar-refractivity contribution < 1.29 is 22.0 Å². The fraction of sp³-hybridized carbons (Fsp3) is 0.333. The van der Waals surface area contributed by atoms with Gasteiger partial charge in [0.05, 0.1) is 17.8 Å². The third kappa shape index (κ3) is 7.37. The number of rotatable bonds is 11. The lowest BCUT2D eigenvalue weighted by Crippen LogP contribution is -2.58. The molecule has 1 aliphatic rings. The molecule has 0 aromatic heterocycles. The minimum absolute atomic E-state index is 0.0527. The molecule has 0 saturated carbocycles. The molecule has 1 fully saturated rings. The first-order valence-electron chi connectivity index (χ1n) is 15.3. The van der Waals surface area contributed by atoms with E-state index in [4.69, 9.17) is 9.16 Å². The van der Waals surface area contributed by atoms with E-state index in [1.54, 1.807) is 12.1 Å². The maximum atomic E-state index is 14.1. The summed E-state index contributed by atoms with van der Waals surface area (Å²) in [5.74, 6) is 0.315. The van der Waals surface area contributed by atoms with Gasteiger partial charge in [0.1, 0.15) is 23.4 Å². The normalized spacial score (nSPS) is 18.7. The lowest BCUT2D eigenvalue weighted by molar-refractivity contribution is 0.168. The summed E-state index contributed by atoms with van der Waals surface area (Å²) >= 11 is 3.58. The molecular formula is C36H41BrFNO4SSi. The largest absolute Gasteiger partial charge is 0.489 e. The predicted molar refractivity (Wildman–Crippen MR) is 186 cm³/mol. The molecule has 1 aliphatic heterocycles. The Morgan fingerprint density at radius 3 is 2.16 bits per heavy atom. The molecule has 5 rings (SSSR count). The summed E-state index contributed by atoms with van der Waals surface area (Å²) in [5, 5.41) is -0.757. The van der Waals surface area contributed by atoms with Crippen molar-refractivity contribution in [2.24, 2.45) is 0 Å². The number of halogens is 2. The third-order valence-corrected chi connectivity index (χ3v) is 16.2. The van der Waals surface area contributed by atoms with Crippen molar-refractivity contribution in [1.29, 1.82) is 0 Å². The van der Waals surface area contributed by atoms with Gasteiger partial charge in [-0.1, -0.05) is 103 Å². The lowest BCUT2D eigenvalue weighted by Gasteiger charge is -2.49. The fourth-order valence-electron chi connectivity index (χ4n) is 5.50. The van der Waals surface area contributed by atoms with Crippen molar-refractivity contribution in [2.45, 2.75) is 75.7 Å². The quantitative estimate of drug-likeness (QED) is 0.146. The van der Waals surface area contributed by atoms with E-state index in [2.05, 4.69) is 49.8 Å². The van der Waals surface area contributed by atoms with Crippen LogP contribution in [0.3, 0.4) is 0 Å². The molecule has 0 spiro atoms. The van der Waals surface area contributed by atoms with Gasteiger partial charge in [0.2, 0.25) is 10.0 Å². The van der Waals surface area contributed by atoms with Gasteiger partial charge in [-0.05, 0) is 78.5 Å². The van der Waals surface area contributed by atoms with E-state index in [1.807, 2.05) is 78.9 Å². The van der Waals surface area contributed by atoms with Crippen molar-refractivity contribution in [2.75, 3.05) is 4.31 Å². The topological polar surface area (TPSA) is 55.8 Å². The molecule has 5 nitrogen and oxygen atoms in total. The Morgan fingerprint density at radius 2 is 1.53 bits per heavy atom. The Hall–Kier alpha value is -2.98. The zero-order valence-corrected chi connectivity index (χ0v) is 29.8. The highest BCUT2D eigenvalue weighted by Gasteiger charge is 2.55. The Bertz CT molecular complexity index is 1700. The van der Waals surface area contributed by atoms with Gasteiger partial charge >= 0.3 is 0 Å². The van der Waals surface area contributed by atoms with Crippen molar-refractivity contribution >= 4 is 40.0 Å². The molecule has 0 bridgehead atoms. The van der Waals surface area contributed by atoms with Crippen LogP contribution >= 0.6 is 15.9 Å². The average molecular weight is 711 g/mol. The Balaban J connectivity index is 1.50. The second-order valence-corrected chi connectivity index (χ2v) is 20.8. The summed E-state index contributed by atoms with van der Waals surface area (Å²) in [6, 6.07) is 30.8. The predicted octanol–water partition coefficient (Wildman–Crippen LogP) is 9.97. The number of sulfonamides is 1. The van der Waals surface area contributed by atoms with Gasteiger partial charge < -0.3 is 9.16 Å². The monoisotopic (exact) mass is 709 g/mol. The van der Waals surface area contributed by atoms with E-state index >= 15 is 0 Å². The number of para-hydroxylation sites is 1. The number of anilines is 1. The van der Waals surface area contributed by atoms with E-state index in [1.165, 1.54) is 16.4 Å². The maximum Gasteiger partial charge on any atom is 0.241 e. The Kier molecular flexibility index (Phi) is 9.94. The molecule has 3 atom stereocenters. The van der Waals surface area contributed by atoms with Crippen LogP contribution in [-0.4, -0.2) is 22.0 Å². The molecule has 1 heterocycles. The molecule has 45 heavy (non-hydrogen) atoms. The van der Waals surface area contributed by atoms with Crippen LogP contribution in [0.4, 0.5) is 10.1 Å². The Labute approximate surface area is 276 Å². The molecule has 0 radical (unpaired) electrons. The van der Waals surface area contributed by atoms with Crippen LogP contribution in [0.15, 0.2) is 108 Å². The first-order valence-corrected chi connectivity index (χ1v) is 20.5. The fourth-order valence-corrected chi connectivity index (χ4v) is 9.28. The van der Waals surface area contributed by atoms with E-state index < -0.39 is 29.6 Å². The number of hydrogen-bond acceptors (Lipinski definition) is 4. The molecule has 0 unspecified atom stereocenters. The molecule has 1 saturated heterocycles. The molecule has 0 aliphatic carbocycles. The van der Waals surface area contributed by atoms with Crippen molar-refractivity contribution in [3.8, 4) is 5.75 Å². The number of hydrogen-bond donors (Lipinski definition) is 0. The van der Waals surface area contributed by atoms with E-state index in [0.29, 0.717) is 30.9 Å². The molecule has 0 amide bonds. The molecule has 4 aromatic rings. The van der Waals surface area contributed by atoms with Crippen LogP contribution in [0.2, 0.25) is 18.1 Å². The highest BCUT2D eigenvalue weighted by Crippen LogP contribution is 2.51. The number of benzene rings is 4. The average Bonchev–Trinajstić information content (AvgIpc) is 2.99. The van der Waals surface area contributed by atoms with Crippen molar-refractivity contribution in [3.63, 3.8) is 0 Å². The molecule has 238 valence electrons. The summed E-state index contributed by atoms with van der Waals surface area (Å²) in [7, 11) is -5.95. The molecule has 4 aromatic carbocycles. The highest BCUT2D eigenvalue weighted by molar-refractivity contribution is 9.10. The first kappa shape index (κ1) is 33.4. The first-order chi connectivity index (χ1) is 21.3. The van der Waals surface area contributed by atoms with Crippen LogP contribution < -0.4 is 9.04 Å². The Morgan fingerprint density at radius 1 is 0.911 bits per heavy atom. The smallest absolute Gasteiger partial charge is 0.241 e. The van der Waals surface area contributed by atoms with Gasteiger partial charge in [-0.3, -0.25) is 4.31 Å². The van der Waals surface area contributed by atoms with E-state index in [-0.39, 0.29) is 17.0 Å². The number of ether oxygens (including phenoxy) is 1. The minimum Gasteiger partial charge on any atom is -0.489 e. The summed E-state index contributed by atoms with van der Waals surface area (Å²) in [6.45, 7) is 11.2. The second-order valence-electron chi connectivity index (χ2n) is 13.1. The lowest BCUT2D eigenvalue weighted by atomic mass is 9.95. The SMILES string of the molecule is CC(C)(C)[Si](C)(C)O[C@@H](CC[C@@H]1[C@@H](c2ccc(Br)cc2OCc2ccccc2)N(c2ccccc2)S1(=O)=O)c1ccc(F)cc1. The van der Waals surface area contributed by atoms with Gasteiger partial charge in [-0.2, -0.15) is 0 Å². The summed E-state index contributed by atoms with van der Waals surface area (Å²) in [4.78, 5) is 0. The third-order valence-electron chi connectivity index (χ3n) is 9.00. The van der Waals surface area contributed by atoms with Gasteiger partial charge in [0.15, 0.2) is 8.32 Å². The van der Waals surface area contributed by atoms with Crippen LogP contribution in [0, 0.1) is 5.82 Å². The standard InChI is InChI=1S/C36H41BrFNO4SSi/c1-36(2,3)45(4,5)43-32(27-16-19-29(38)20-17-27)22-23-34-35(39(44(34,40)41)30-14-10-7-11-15-30)31-21-18-28(37)24-33(31)42-25-26-12-8-6-9-13-26/h6-21,24,32,34-35H,22-23,25H2,1-5H3/t32-,34+,35+/m0/s1. The van der Waals surface area contributed by atoms with Crippen LogP contribution in [0.5, 0.6) is 5.75 Å². The molecule has 0 N–H and O–H groups in total. The van der Waals surface area contributed by atoms with Crippen LogP contribution in [0.25, 0.3) is 0 Å². The summed E-state index contributed by atoms with van der Waals surface area (Å²) in [6.07, 6.45) is 0.464. The second kappa shape index (κ2) is 13.4. The van der Waals surface area contributed by atoms with Gasteiger partial charge in [-0.15, -0.1) is 0 Å².